The molecule has 1 amide bonds. The Morgan fingerprint density at radius 2 is 1.80 bits per heavy atom. The number of carbonyl (C=O) groups excluding carboxylic acids is 2. The number of aromatic nitrogens is 2. The third-order valence-electron chi connectivity index (χ3n) is 6.34. The number of Topliss-reactive ketones (excluding diaryl/α,β-unsaturated/α-hetero) is 1. The van der Waals surface area contributed by atoms with Gasteiger partial charge < -0.3 is 28.6 Å². The quantitative estimate of drug-likeness (QED) is 0.207. The van der Waals surface area contributed by atoms with Crippen LogP contribution >= 0.6 is 11.6 Å². The zero-order valence-corrected chi connectivity index (χ0v) is 25.2. The van der Waals surface area contributed by atoms with Crippen molar-refractivity contribution in [1.29, 1.82) is 0 Å². The van der Waals surface area contributed by atoms with E-state index >= 15 is 8.78 Å². The number of hydrogen-bond acceptors (Lipinski definition) is 7. The third-order valence-corrected chi connectivity index (χ3v) is 6.58. The molecule has 2 heterocycles. The van der Waals surface area contributed by atoms with Gasteiger partial charge in [0.2, 0.25) is 0 Å². The Balaban J connectivity index is 0.00000287. The minimum atomic E-state index is -1.17. The molecule has 1 atom stereocenters. The number of carbonyl (C=O) groups is 2. The van der Waals surface area contributed by atoms with Gasteiger partial charge in [0.05, 0.1) is 43.3 Å². The normalized spacial score (nSPS) is 11.8. The van der Waals surface area contributed by atoms with Crippen molar-refractivity contribution < 1.29 is 37.7 Å². The molecule has 226 valence electrons. The molecule has 0 saturated carbocycles. The van der Waals surface area contributed by atoms with Crippen molar-refractivity contribution in [3.8, 4) is 11.3 Å². The SMILES string of the molecule is CC.CCCC(=O)c1cc(F)c(-c2nc3cc(Cl)ccn3c2C[C@H](O)CN(CC(OC)OC)C(=O)OC)c(C)c1F. The van der Waals surface area contributed by atoms with Gasteiger partial charge in [0.25, 0.3) is 0 Å². The molecule has 1 aromatic carbocycles. The van der Waals surface area contributed by atoms with E-state index in [4.69, 9.17) is 25.8 Å². The van der Waals surface area contributed by atoms with E-state index in [9.17, 15) is 14.7 Å². The van der Waals surface area contributed by atoms with Gasteiger partial charge in [-0.05, 0) is 31.0 Å². The van der Waals surface area contributed by atoms with Gasteiger partial charge in [0.15, 0.2) is 12.1 Å². The Morgan fingerprint density at radius 1 is 1.15 bits per heavy atom. The number of methoxy groups -OCH3 is 3. The van der Waals surface area contributed by atoms with Crippen molar-refractivity contribution in [2.24, 2.45) is 0 Å². The van der Waals surface area contributed by atoms with Gasteiger partial charge in [-0.15, -0.1) is 0 Å². The van der Waals surface area contributed by atoms with E-state index in [1.165, 1.54) is 33.2 Å². The lowest BCUT2D eigenvalue weighted by molar-refractivity contribution is -0.115. The van der Waals surface area contributed by atoms with Gasteiger partial charge >= 0.3 is 6.09 Å². The fourth-order valence-corrected chi connectivity index (χ4v) is 4.55. The first-order chi connectivity index (χ1) is 19.6. The lowest BCUT2D eigenvalue weighted by Crippen LogP contribution is -2.43. The van der Waals surface area contributed by atoms with Crippen molar-refractivity contribution >= 4 is 29.1 Å². The number of aliphatic hydroxyl groups is 1. The Hall–Kier alpha value is -3.12. The molecule has 0 bridgehead atoms. The highest BCUT2D eigenvalue weighted by Crippen LogP contribution is 2.34. The zero-order valence-electron chi connectivity index (χ0n) is 24.5. The van der Waals surface area contributed by atoms with Crippen LogP contribution in [-0.2, 0) is 20.6 Å². The largest absolute Gasteiger partial charge is 0.453 e. The van der Waals surface area contributed by atoms with Crippen LogP contribution in [0.4, 0.5) is 13.6 Å². The topological polar surface area (TPSA) is 103 Å². The number of aliphatic hydroxyl groups excluding tert-OH is 1. The van der Waals surface area contributed by atoms with Crippen LogP contribution in [0.25, 0.3) is 16.9 Å². The molecule has 3 aromatic rings. The van der Waals surface area contributed by atoms with Crippen LogP contribution in [0.1, 0.15) is 55.2 Å². The standard InChI is InChI=1S/C27H32ClF2N3O6.C2H6/c1-6-7-21(35)18-12-19(29)24(15(2)25(18)30)26-20(33-9-8-16(28)10-22(33)31-26)11-17(34)13-32(27(36)39-5)14-23(37-3)38-4;1-2/h8-10,12,17,23,34H,6-7,11,13-14H2,1-5H3;1-2H3/t17-;/m0./s1. The highest BCUT2D eigenvalue weighted by molar-refractivity contribution is 6.30. The van der Waals surface area contributed by atoms with E-state index in [0.29, 0.717) is 22.8 Å². The monoisotopic (exact) mass is 597 g/mol. The number of benzene rings is 1. The average molecular weight is 598 g/mol. The molecule has 3 rings (SSSR count). The number of rotatable bonds is 12. The molecule has 0 aliphatic carbocycles. The summed E-state index contributed by atoms with van der Waals surface area (Å²) in [5.74, 6) is -2.14. The van der Waals surface area contributed by atoms with E-state index in [2.05, 4.69) is 4.98 Å². The van der Waals surface area contributed by atoms with E-state index in [1.54, 1.807) is 29.7 Å². The van der Waals surface area contributed by atoms with Crippen molar-refractivity contribution in [2.45, 2.75) is 59.4 Å². The van der Waals surface area contributed by atoms with Gasteiger partial charge in [-0.3, -0.25) is 4.79 Å². The Kier molecular flexibility index (Phi) is 13.1. The summed E-state index contributed by atoms with van der Waals surface area (Å²) in [7, 11) is 4.03. The molecule has 12 heteroatoms. The number of nitrogens with zero attached hydrogens (tertiary/aromatic N) is 3. The molecular weight excluding hydrogens is 560 g/mol. The summed E-state index contributed by atoms with van der Waals surface area (Å²) in [6.07, 6.45) is -0.577. The molecule has 0 aliphatic rings. The van der Waals surface area contributed by atoms with Gasteiger partial charge in [0, 0.05) is 49.9 Å². The predicted octanol–water partition coefficient (Wildman–Crippen LogP) is 5.84. The molecule has 0 unspecified atom stereocenters. The predicted molar refractivity (Wildman–Crippen MR) is 152 cm³/mol. The first kappa shape index (κ1) is 34.1. The van der Waals surface area contributed by atoms with Crippen LogP contribution in [0.15, 0.2) is 24.4 Å². The van der Waals surface area contributed by atoms with Gasteiger partial charge in [0.1, 0.15) is 17.3 Å². The van der Waals surface area contributed by atoms with Gasteiger partial charge in [-0.25, -0.2) is 18.6 Å². The molecular formula is C29H38ClF2N3O6. The minimum absolute atomic E-state index is 0.0292. The number of pyridine rings is 1. The number of amides is 1. The van der Waals surface area contributed by atoms with Crippen LogP contribution in [-0.4, -0.2) is 78.1 Å². The average Bonchev–Trinajstić information content (AvgIpc) is 3.29. The highest BCUT2D eigenvalue weighted by Gasteiger charge is 2.28. The molecule has 0 fully saturated rings. The Labute approximate surface area is 244 Å². The summed E-state index contributed by atoms with van der Waals surface area (Å²) in [6, 6.07) is 4.03. The zero-order chi connectivity index (χ0) is 30.9. The maximum absolute atomic E-state index is 15.5. The minimum Gasteiger partial charge on any atom is -0.453 e. The Morgan fingerprint density at radius 3 is 2.39 bits per heavy atom. The molecule has 2 aromatic heterocycles. The van der Waals surface area contributed by atoms with E-state index in [1.807, 2.05) is 13.8 Å². The number of fused-ring (bicyclic) bond motifs is 1. The molecule has 9 nitrogen and oxygen atoms in total. The first-order valence-corrected chi connectivity index (χ1v) is 13.7. The summed E-state index contributed by atoms with van der Waals surface area (Å²) in [5.41, 5.74) is 0.237. The summed E-state index contributed by atoms with van der Waals surface area (Å²) < 4.78 is 47.6. The fourth-order valence-electron chi connectivity index (χ4n) is 4.39. The number of hydrogen-bond donors (Lipinski definition) is 1. The molecule has 0 saturated heterocycles. The van der Waals surface area contributed by atoms with E-state index < -0.39 is 35.9 Å². The summed E-state index contributed by atoms with van der Waals surface area (Å²) >= 11 is 6.14. The molecule has 41 heavy (non-hydrogen) atoms. The molecule has 0 radical (unpaired) electrons. The lowest BCUT2D eigenvalue weighted by Gasteiger charge is -2.27. The number of ether oxygens (including phenoxy) is 3. The Bertz CT molecular complexity index is 1350. The lowest BCUT2D eigenvalue weighted by atomic mass is 9.95. The van der Waals surface area contributed by atoms with Crippen LogP contribution in [0.3, 0.4) is 0 Å². The second-order valence-electron chi connectivity index (χ2n) is 9.01. The maximum Gasteiger partial charge on any atom is 0.409 e. The second kappa shape index (κ2) is 15.8. The maximum atomic E-state index is 15.5. The smallest absolute Gasteiger partial charge is 0.409 e. The van der Waals surface area contributed by atoms with Gasteiger partial charge in [-0.2, -0.15) is 0 Å². The van der Waals surface area contributed by atoms with Crippen LogP contribution < -0.4 is 0 Å². The first-order valence-electron chi connectivity index (χ1n) is 13.3. The van der Waals surface area contributed by atoms with Crippen LogP contribution in [0.2, 0.25) is 5.02 Å². The summed E-state index contributed by atoms with van der Waals surface area (Å²) in [4.78, 5) is 30.4. The number of imidazole rings is 1. The van der Waals surface area contributed by atoms with Crippen molar-refractivity contribution in [2.75, 3.05) is 34.4 Å². The summed E-state index contributed by atoms with van der Waals surface area (Å²) in [6.45, 7) is 6.94. The van der Waals surface area contributed by atoms with Crippen molar-refractivity contribution in [3.05, 3.63) is 57.9 Å². The van der Waals surface area contributed by atoms with Crippen molar-refractivity contribution in [1.82, 2.24) is 14.3 Å². The number of ketones is 1. The number of halogens is 3. The molecule has 1 N–H and O–H groups in total. The van der Waals surface area contributed by atoms with Crippen LogP contribution in [0.5, 0.6) is 0 Å². The van der Waals surface area contributed by atoms with Crippen LogP contribution in [0, 0.1) is 18.6 Å². The summed E-state index contributed by atoms with van der Waals surface area (Å²) in [5, 5.41) is 11.4. The van der Waals surface area contributed by atoms with Crippen molar-refractivity contribution in [3.63, 3.8) is 0 Å². The van der Waals surface area contributed by atoms with Gasteiger partial charge in [-0.1, -0.05) is 32.4 Å². The molecule has 0 aliphatic heterocycles. The molecule has 0 spiro atoms. The second-order valence-corrected chi connectivity index (χ2v) is 9.44. The fraction of sp³-hybridized carbons (Fsp3) is 0.483. The van der Waals surface area contributed by atoms with E-state index in [0.717, 1.165) is 6.07 Å². The van der Waals surface area contributed by atoms with E-state index in [-0.39, 0.29) is 48.3 Å². The third kappa shape index (κ3) is 8.00. The highest BCUT2D eigenvalue weighted by atomic mass is 35.5.